The van der Waals surface area contributed by atoms with Gasteiger partial charge < -0.3 is 14.8 Å². The molecular weight excluding hydrogens is 324 g/mol. The molecule has 1 fully saturated rings. The van der Waals surface area contributed by atoms with E-state index >= 15 is 0 Å². The van der Waals surface area contributed by atoms with Crippen LogP contribution in [0.15, 0.2) is 30.6 Å². The summed E-state index contributed by atoms with van der Waals surface area (Å²) in [6, 6.07) is 6.95. The Morgan fingerprint density at radius 1 is 1.12 bits per heavy atom. The van der Waals surface area contributed by atoms with Gasteiger partial charge in [-0.05, 0) is 37.1 Å². The van der Waals surface area contributed by atoms with Crippen LogP contribution in [-0.4, -0.2) is 28.0 Å². The molecule has 0 saturated heterocycles. The first-order chi connectivity index (χ1) is 12.2. The van der Waals surface area contributed by atoms with Crippen LogP contribution in [0, 0.1) is 10.1 Å². The lowest BCUT2D eigenvalue weighted by atomic mass is 9.95. The molecule has 1 heterocycles. The van der Waals surface area contributed by atoms with Gasteiger partial charge in [0.25, 0.3) is 0 Å². The summed E-state index contributed by atoms with van der Waals surface area (Å²) >= 11 is 0. The van der Waals surface area contributed by atoms with Crippen LogP contribution in [0.25, 0.3) is 0 Å². The Kier molecular flexibility index (Phi) is 5.27. The van der Waals surface area contributed by atoms with E-state index in [1.54, 1.807) is 31.4 Å². The van der Waals surface area contributed by atoms with Crippen molar-refractivity contribution in [2.75, 3.05) is 12.4 Å². The number of rotatable bonds is 6. The quantitative estimate of drug-likeness (QED) is 0.626. The molecule has 1 aromatic carbocycles. The Bertz CT molecular complexity index is 730. The molecule has 8 heteroatoms. The summed E-state index contributed by atoms with van der Waals surface area (Å²) in [4.78, 5) is 19.1. The highest BCUT2D eigenvalue weighted by atomic mass is 16.6. The molecule has 0 bridgehead atoms. The SMILES string of the molecule is COc1ccc(Oc2ncnc(NC3CCCCC3)c2[N+](=O)[O-])cc1. The standard InChI is InChI=1S/C17H20N4O4/c1-24-13-7-9-14(10-8-13)25-17-15(21(22)23)16(18-11-19-17)20-12-5-3-2-4-6-12/h7-12H,2-6H2,1H3,(H,18,19,20). The highest BCUT2D eigenvalue weighted by molar-refractivity contribution is 5.62. The number of nitro groups is 1. The van der Waals surface area contributed by atoms with Crippen molar-refractivity contribution in [3.05, 3.63) is 40.7 Å². The van der Waals surface area contributed by atoms with E-state index in [0.717, 1.165) is 25.7 Å². The minimum Gasteiger partial charge on any atom is -0.497 e. The highest BCUT2D eigenvalue weighted by Crippen LogP contribution is 2.35. The van der Waals surface area contributed by atoms with Gasteiger partial charge in [-0.1, -0.05) is 19.3 Å². The zero-order valence-electron chi connectivity index (χ0n) is 14.0. The van der Waals surface area contributed by atoms with Gasteiger partial charge in [0.15, 0.2) is 0 Å². The minimum atomic E-state index is -0.510. The Hall–Kier alpha value is -2.90. The summed E-state index contributed by atoms with van der Waals surface area (Å²) < 4.78 is 10.7. The molecular formula is C17H20N4O4. The fourth-order valence-electron chi connectivity index (χ4n) is 2.90. The van der Waals surface area contributed by atoms with E-state index in [1.807, 2.05) is 0 Å². The fraction of sp³-hybridized carbons (Fsp3) is 0.412. The van der Waals surface area contributed by atoms with E-state index in [9.17, 15) is 10.1 Å². The van der Waals surface area contributed by atoms with E-state index < -0.39 is 4.92 Å². The molecule has 0 amide bonds. The molecule has 0 radical (unpaired) electrons. The summed E-state index contributed by atoms with van der Waals surface area (Å²) in [7, 11) is 1.56. The first-order valence-corrected chi connectivity index (χ1v) is 8.25. The van der Waals surface area contributed by atoms with Crippen LogP contribution >= 0.6 is 0 Å². The Balaban J connectivity index is 1.84. The van der Waals surface area contributed by atoms with Gasteiger partial charge in [0.1, 0.15) is 17.8 Å². The average molecular weight is 344 g/mol. The van der Waals surface area contributed by atoms with Crippen molar-refractivity contribution in [2.24, 2.45) is 0 Å². The van der Waals surface area contributed by atoms with Gasteiger partial charge in [0.05, 0.1) is 12.0 Å². The van der Waals surface area contributed by atoms with Crippen LogP contribution in [0.4, 0.5) is 11.5 Å². The smallest absolute Gasteiger partial charge is 0.373 e. The van der Waals surface area contributed by atoms with Crippen molar-refractivity contribution in [1.29, 1.82) is 0 Å². The number of hydrogen-bond acceptors (Lipinski definition) is 7. The molecule has 1 aliphatic carbocycles. The number of nitrogens with zero attached hydrogens (tertiary/aromatic N) is 3. The number of nitrogens with one attached hydrogen (secondary N) is 1. The van der Waals surface area contributed by atoms with E-state index in [2.05, 4.69) is 15.3 Å². The number of anilines is 1. The second-order valence-corrected chi connectivity index (χ2v) is 5.89. The molecule has 0 unspecified atom stereocenters. The fourth-order valence-corrected chi connectivity index (χ4v) is 2.90. The van der Waals surface area contributed by atoms with E-state index in [4.69, 9.17) is 9.47 Å². The predicted molar refractivity (Wildman–Crippen MR) is 92.3 cm³/mol. The lowest BCUT2D eigenvalue weighted by Crippen LogP contribution is -2.23. The maximum absolute atomic E-state index is 11.6. The Morgan fingerprint density at radius 3 is 2.44 bits per heavy atom. The lowest BCUT2D eigenvalue weighted by Gasteiger charge is -2.23. The molecule has 0 atom stereocenters. The van der Waals surface area contributed by atoms with Crippen molar-refractivity contribution >= 4 is 11.5 Å². The minimum absolute atomic E-state index is 0.0801. The molecule has 0 spiro atoms. The summed E-state index contributed by atoms with van der Waals surface area (Å²) in [5, 5.41) is 14.7. The monoisotopic (exact) mass is 344 g/mol. The van der Waals surface area contributed by atoms with Crippen molar-refractivity contribution in [2.45, 2.75) is 38.1 Å². The third kappa shape index (κ3) is 4.14. The van der Waals surface area contributed by atoms with Gasteiger partial charge in [-0.15, -0.1) is 0 Å². The Labute approximate surface area is 145 Å². The second-order valence-electron chi connectivity index (χ2n) is 5.89. The molecule has 0 aliphatic heterocycles. The van der Waals surface area contributed by atoms with Crippen LogP contribution in [0.5, 0.6) is 17.4 Å². The van der Waals surface area contributed by atoms with Gasteiger partial charge in [0, 0.05) is 6.04 Å². The van der Waals surface area contributed by atoms with Crippen molar-refractivity contribution in [3.8, 4) is 17.4 Å². The first kappa shape index (κ1) is 16.9. The normalized spacial score (nSPS) is 14.8. The molecule has 3 rings (SSSR count). The van der Waals surface area contributed by atoms with Gasteiger partial charge in [0.2, 0.25) is 5.82 Å². The summed E-state index contributed by atoms with van der Waals surface area (Å²) in [5.41, 5.74) is -0.246. The summed E-state index contributed by atoms with van der Waals surface area (Å²) in [6.07, 6.45) is 6.68. The summed E-state index contributed by atoms with van der Waals surface area (Å²) in [5.74, 6) is 1.23. The van der Waals surface area contributed by atoms with Gasteiger partial charge >= 0.3 is 11.6 Å². The maximum atomic E-state index is 11.6. The van der Waals surface area contributed by atoms with Crippen LogP contribution in [-0.2, 0) is 0 Å². The molecule has 1 aromatic heterocycles. The van der Waals surface area contributed by atoms with Gasteiger partial charge in [-0.3, -0.25) is 10.1 Å². The maximum Gasteiger partial charge on any atom is 0.373 e. The summed E-state index contributed by atoms with van der Waals surface area (Å²) in [6.45, 7) is 0. The van der Waals surface area contributed by atoms with Crippen molar-refractivity contribution in [1.82, 2.24) is 9.97 Å². The number of methoxy groups -OCH3 is 1. The molecule has 8 nitrogen and oxygen atoms in total. The molecule has 132 valence electrons. The van der Waals surface area contributed by atoms with Gasteiger partial charge in [-0.25, -0.2) is 4.98 Å². The third-order valence-electron chi connectivity index (χ3n) is 4.19. The first-order valence-electron chi connectivity index (χ1n) is 8.25. The van der Waals surface area contributed by atoms with Crippen LogP contribution in [0.3, 0.4) is 0 Å². The zero-order chi connectivity index (χ0) is 17.6. The largest absolute Gasteiger partial charge is 0.497 e. The number of hydrogen-bond donors (Lipinski definition) is 1. The molecule has 1 aliphatic rings. The van der Waals surface area contributed by atoms with E-state index in [0.29, 0.717) is 11.5 Å². The van der Waals surface area contributed by atoms with E-state index in [1.165, 1.54) is 12.7 Å². The highest BCUT2D eigenvalue weighted by Gasteiger charge is 2.27. The number of ether oxygens (including phenoxy) is 2. The van der Waals surface area contributed by atoms with Crippen molar-refractivity contribution < 1.29 is 14.4 Å². The lowest BCUT2D eigenvalue weighted by molar-refractivity contribution is -0.385. The van der Waals surface area contributed by atoms with Crippen LogP contribution in [0.1, 0.15) is 32.1 Å². The van der Waals surface area contributed by atoms with Crippen LogP contribution < -0.4 is 14.8 Å². The molecule has 1 N–H and O–H groups in total. The molecule has 25 heavy (non-hydrogen) atoms. The predicted octanol–water partition coefficient (Wildman–Crippen LogP) is 3.93. The average Bonchev–Trinajstić information content (AvgIpc) is 2.63. The van der Waals surface area contributed by atoms with E-state index in [-0.39, 0.29) is 23.4 Å². The molecule has 1 saturated carbocycles. The molecule has 2 aromatic rings. The number of benzene rings is 1. The Morgan fingerprint density at radius 2 is 1.80 bits per heavy atom. The van der Waals surface area contributed by atoms with Crippen molar-refractivity contribution in [3.63, 3.8) is 0 Å². The number of aromatic nitrogens is 2. The van der Waals surface area contributed by atoms with Gasteiger partial charge in [-0.2, -0.15) is 4.98 Å². The van der Waals surface area contributed by atoms with Crippen LogP contribution in [0.2, 0.25) is 0 Å². The topological polar surface area (TPSA) is 99.4 Å². The zero-order valence-corrected chi connectivity index (χ0v) is 14.0. The third-order valence-corrected chi connectivity index (χ3v) is 4.19. The second kappa shape index (κ2) is 7.78.